The Morgan fingerprint density at radius 2 is 1.67 bits per heavy atom. The van der Waals surface area contributed by atoms with E-state index in [1.165, 1.54) is 11.1 Å². The highest BCUT2D eigenvalue weighted by Gasteiger charge is 2.13. The summed E-state index contributed by atoms with van der Waals surface area (Å²) in [6.45, 7) is 4.23. The zero-order chi connectivity index (χ0) is 17.3. The number of methoxy groups -OCH3 is 2. The summed E-state index contributed by atoms with van der Waals surface area (Å²) in [5, 5.41) is 0.995. The van der Waals surface area contributed by atoms with Crippen LogP contribution in [0, 0.1) is 13.8 Å². The lowest BCUT2D eigenvalue weighted by Crippen LogP contribution is -1.90. The Balaban J connectivity index is 2.01. The molecule has 124 valence electrons. The molecule has 1 heterocycles. The second-order valence-electron chi connectivity index (χ2n) is 5.52. The molecule has 0 aliphatic heterocycles. The van der Waals surface area contributed by atoms with Crippen LogP contribution in [-0.2, 0) is 0 Å². The number of benzene rings is 2. The van der Waals surface area contributed by atoms with Gasteiger partial charge in [0.25, 0.3) is 0 Å². The van der Waals surface area contributed by atoms with Crippen LogP contribution in [0.15, 0.2) is 41.0 Å². The van der Waals surface area contributed by atoms with Gasteiger partial charge in [-0.1, -0.05) is 15.9 Å². The van der Waals surface area contributed by atoms with Gasteiger partial charge in [-0.15, -0.1) is 11.3 Å². The number of rotatable bonds is 4. The Kier molecular flexibility index (Phi) is 4.92. The molecule has 0 atom stereocenters. The Morgan fingerprint density at radius 3 is 2.38 bits per heavy atom. The first-order valence-corrected chi connectivity index (χ1v) is 9.09. The zero-order valence-corrected chi connectivity index (χ0v) is 16.4. The molecule has 3 nitrogen and oxygen atoms in total. The van der Waals surface area contributed by atoms with Gasteiger partial charge >= 0.3 is 0 Å². The highest BCUT2D eigenvalue weighted by atomic mass is 79.9. The predicted octanol–water partition coefficient (Wildman–Crippen LogP) is 5.87. The normalized spacial score (nSPS) is 10.7. The monoisotopic (exact) mass is 403 g/mol. The van der Waals surface area contributed by atoms with Crippen molar-refractivity contribution in [1.29, 1.82) is 0 Å². The van der Waals surface area contributed by atoms with E-state index in [1.54, 1.807) is 25.6 Å². The third kappa shape index (κ3) is 3.19. The van der Waals surface area contributed by atoms with Crippen molar-refractivity contribution in [3.8, 4) is 32.5 Å². The van der Waals surface area contributed by atoms with Gasteiger partial charge in [-0.2, -0.15) is 0 Å². The van der Waals surface area contributed by atoms with Gasteiger partial charge in [0.1, 0.15) is 5.01 Å². The fourth-order valence-corrected chi connectivity index (χ4v) is 4.19. The molecular weight excluding hydrogens is 386 g/mol. The van der Waals surface area contributed by atoms with Crippen molar-refractivity contribution < 1.29 is 9.47 Å². The number of halogens is 1. The minimum atomic E-state index is 0.720. The first-order chi connectivity index (χ1) is 11.5. The lowest BCUT2D eigenvalue weighted by molar-refractivity contribution is 0.355. The van der Waals surface area contributed by atoms with Gasteiger partial charge in [0, 0.05) is 16.2 Å². The summed E-state index contributed by atoms with van der Waals surface area (Å²) in [6, 6.07) is 10.2. The molecule has 0 amide bonds. The first-order valence-electron chi connectivity index (χ1n) is 7.49. The molecular formula is C19H18BrNO2S. The van der Waals surface area contributed by atoms with Crippen molar-refractivity contribution >= 4 is 27.3 Å². The van der Waals surface area contributed by atoms with Crippen LogP contribution in [0.5, 0.6) is 11.5 Å². The molecule has 0 radical (unpaired) electrons. The van der Waals surface area contributed by atoms with E-state index in [0.717, 1.165) is 37.0 Å². The predicted molar refractivity (Wildman–Crippen MR) is 103 cm³/mol. The number of thiazole rings is 1. The Bertz CT molecular complexity index is 889. The number of aryl methyl sites for hydroxylation is 2. The number of hydrogen-bond acceptors (Lipinski definition) is 4. The van der Waals surface area contributed by atoms with Crippen molar-refractivity contribution in [2.45, 2.75) is 13.8 Å². The maximum absolute atomic E-state index is 5.39. The van der Waals surface area contributed by atoms with Crippen molar-refractivity contribution in [1.82, 2.24) is 4.98 Å². The van der Waals surface area contributed by atoms with Crippen LogP contribution in [0.25, 0.3) is 21.0 Å². The van der Waals surface area contributed by atoms with E-state index in [0.29, 0.717) is 0 Å². The topological polar surface area (TPSA) is 31.4 Å². The fraction of sp³-hybridized carbons (Fsp3) is 0.211. The van der Waals surface area contributed by atoms with Crippen LogP contribution >= 0.6 is 27.3 Å². The standard InChI is InChI=1S/C19H18BrNO2S/c1-11-7-14(15(20)8-12(11)2)19-21-10-18(24-19)13-5-6-16(22-3)17(9-13)23-4/h5-10H,1-4H3. The minimum absolute atomic E-state index is 0.720. The van der Waals surface area contributed by atoms with E-state index in [1.807, 2.05) is 24.4 Å². The highest BCUT2D eigenvalue weighted by molar-refractivity contribution is 9.10. The molecule has 0 aliphatic rings. The lowest BCUT2D eigenvalue weighted by Gasteiger charge is -2.08. The smallest absolute Gasteiger partial charge is 0.161 e. The van der Waals surface area contributed by atoms with Gasteiger partial charge in [-0.3, -0.25) is 0 Å². The lowest BCUT2D eigenvalue weighted by atomic mass is 10.1. The molecule has 0 saturated heterocycles. The van der Waals surface area contributed by atoms with Gasteiger partial charge in [-0.25, -0.2) is 4.98 Å². The fourth-order valence-electron chi connectivity index (χ4n) is 2.47. The third-order valence-corrected chi connectivity index (χ3v) is 5.72. The van der Waals surface area contributed by atoms with Gasteiger partial charge in [-0.05, 0) is 60.9 Å². The van der Waals surface area contributed by atoms with Crippen molar-refractivity contribution in [2.75, 3.05) is 14.2 Å². The molecule has 24 heavy (non-hydrogen) atoms. The summed E-state index contributed by atoms with van der Waals surface area (Å²) < 4.78 is 11.8. The molecule has 0 unspecified atom stereocenters. The van der Waals surface area contributed by atoms with E-state index in [-0.39, 0.29) is 0 Å². The maximum atomic E-state index is 5.39. The summed E-state index contributed by atoms with van der Waals surface area (Å²) >= 11 is 5.32. The molecule has 0 bridgehead atoms. The largest absolute Gasteiger partial charge is 0.493 e. The van der Waals surface area contributed by atoms with Gasteiger partial charge in [0.2, 0.25) is 0 Å². The molecule has 0 spiro atoms. The summed E-state index contributed by atoms with van der Waals surface area (Å²) in [5.41, 5.74) is 4.71. The van der Waals surface area contributed by atoms with Crippen molar-refractivity contribution in [3.05, 3.63) is 52.1 Å². The second-order valence-corrected chi connectivity index (χ2v) is 7.40. The molecule has 3 rings (SSSR count). The van der Waals surface area contributed by atoms with Crippen LogP contribution in [-0.4, -0.2) is 19.2 Å². The molecule has 0 N–H and O–H groups in total. The number of ether oxygens (including phenoxy) is 2. The molecule has 5 heteroatoms. The average molecular weight is 404 g/mol. The van der Waals surface area contributed by atoms with E-state index in [4.69, 9.17) is 9.47 Å². The van der Waals surface area contributed by atoms with Crippen molar-refractivity contribution in [3.63, 3.8) is 0 Å². The molecule has 0 saturated carbocycles. The highest BCUT2D eigenvalue weighted by Crippen LogP contribution is 2.39. The van der Waals surface area contributed by atoms with Crippen LogP contribution < -0.4 is 9.47 Å². The molecule has 0 fully saturated rings. The van der Waals surface area contributed by atoms with E-state index in [2.05, 4.69) is 46.9 Å². The van der Waals surface area contributed by atoms with Gasteiger partial charge in [0.05, 0.1) is 19.1 Å². The van der Waals surface area contributed by atoms with Gasteiger partial charge < -0.3 is 9.47 Å². The number of aromatic nitrogens is 1. The molecule has 1 aromatic heterocycles. The quantitative estimate of drug-likeness (QED) is 0.545. The summed E-state index contributed by atoms with van der Waals surface area (Å²) in [7, 11) is 3.28. The van der Waals surface area contributed by atoms with Crippen LogP contribution in [0.2, 0.25) is 0 Å². The summed E-state index contributed by atoms with van der Waals surface area (Å²) in [5.74, 6) is 1.44. The van der Waals surface area contributed by atoms with Crippen LogP contribution in [0.4, 0.5) is 0 Å². The zero-order valence-electron chi connectivity index (χ0n) is 14.0. The summed E-state index contributed by atoms with van der Waals surface area (Å²) in [4.78, 5) is 5.70. The average Bonchev–Trinajstić information content (AvgIpc) is 3.07. The minimum Gasteiger partial charge on any atom is -0.493 e. The van der Waals surface area contributed by atoms with E-state index in [9.17, 15) is 0 Å². The maximum Gasteiger partial charge on any atom is 0.161 e. The van der Waals surface area contributed by atoms with Crippen LogP contribution in [0.3, 0.4) is 0 Å². The van der Waals surface area contributed by atoms with Crippen LogP contribution in [0.1, 0.15) is 11.1 Å². The first kappa shape index (κ1) is 17.0. The number of hydrogen-bond donors (Lipinski definition) is 0. The molecule has 3 aromatic rings. The Hall–Kier alpha value is -1.85. The Labute approximate surface area is 154 Å². The second kappa shape index (κ2) is 6.95. The van der Waals surface area contributed by atoms with Crippen molar-refractivity contribution in [2.24, 2.45) is 0 Å². The molecule has 2 aromatic carbocycles. The summed E-state index contributed by atoms with van der Waals surface area (Å²) in [6.07, 6.45) is 1.91. The SMILES string of the molecule is COc1ccc(-c2cnc(-c3cc(C)c(C)cc3Br)s2)cc1OC. The Morgan fingerprint density at radius 1 is 0.958 bits per heavy atom. The third-order valence-electron chi connectivity index (χ3n) is 3.99. The van der Waals surface area contributed by atoms with E-state index >= 15 is 0 Å². The molecule has 0 aliphatic carbocycles. The van der Waals surface area contributed by atoms with Gasteiger partial charge in [0.15, 0.2) is 11.5 Å². The number of nitrogens with zero attached hydrogens (tertiary/aromatic N) is 1. The van der Waals surface area contributed by atoms with E-state index < -0.39 is 0 Å².